The van der Waals surface area contributed by atoms with Crippen molar-refractivity contribution in [1.82, 2.24) is 15.8 Å². The van der Waals surface area contributed by atoms with Crippen LogP contribution in [0.4, 0.5) is 0 Å². The third-order valence-corrected chi connectivity index (χ3v) is 5.13. The summed E-state index contributed by atoms with van der Waals surface area (Å²) < 4.78 is 5.16. The van der Waals surface area contributed by atoms with Crippen molar-refractivity contribution in [3.63, 3.8) is 0 Å². The van der Waals surface area contributed by atoms with Gasteiger partial charge in [-0.15, -0.1) is 0 Å². The van der Waals surface area contributed by atoms with E-state index in [-0.39, 0.29) is 34.9 Å². The largest absolute Gasteiger partial charge is 0.352 e. The number of carbonyl (C=O) groups is 2. The van der Waals surface area contributed by atoms with E-state index < -0.39 is 0 Å². The molecule has 2 N–H and O–H groups in total. The average Bonchev–Trinajstić information content (AvgIpc) is 3.14. The van der Waals surface area contributed by atoms with E-state index in [1.807, 2.05) is 32.0 Å². The topological polar surface area (TPSA) is 84.2 Å². The summed E-state index contributed by atoms with van der Waals surface area (Å²) in [6.07, 6.45) is 2.75. The number of hydrogen-bond donors (Lipinski definition) is 2. The van der Waals surface area contributed by atoms with E-state index >= 15 is 0 Å². The van der Waals surface area contributed by atoms with Gasteiger partial charge in [0.15, 0.2) is 0 Å². The lowest BCUT2D eigenvalue weighted by atomic mass is 9.61. The first-order chi connectivity index (χ1) is 12.9. The monoisotopic (exact) mass is 367 g/mol. The molecule has 1 aromatic carbocycles. The molecule has 0 spiro atoms. The highest BCUT2D eigenvalue weighted by molar-refractivity contribution is 5.91. The van der Waals surface area contributed by atoms with Crippen molar-refractivity contribution in [2.75, 3.05) is 6.54 Å². The predicted octanol–water partition coefficient (Wildman–Crippen LogP) is 2.93. The van der Waals surface area contributed by atoms with Gasteiger partial charge in [0, 0.05) is 24.1 Å². The summed E-state index contributed by atoms with van der Waals surface area (Å²) >= 11 is 0. The van der Waals surface area contributed by atoms with Crippen molar-refractivity contribution in [2.24, 2.45) is 0 Å². The third-order valence-electron chi connectivity index (χ3n) is 5.13. The SMILES string of the molecule is C=CC(=O)NCC1(c2ccccc2)CC(NC(=O)c2cc(C(C)C)no2)C1. The Morgan fingerprint density at radius 2 is 2.04 bits per heavy atom. The van der Waals surface area contributed by atoms with Crippen LogP contribution in [0, 0.1) is 0 Å². The van der Waals surface area contributed by atoms with E-state index in [9.17, 15) is 9.59 Å². The molecule has 1 aliphatic carbocycles. The molecule has 1 saturated carbocycles. The molecular formula is C21H25N3O3. The van der Waals surface area contributed by atoms with Crippen molar-refractivity contribution in [3.05, 3.63) is 66.1 Å². The average molecular weight is 367 g/mol. The van der Waals surface area contributed by atoms with Gasteiger partial charge in [-0.2, -0.15) is 0 Å². The van der Waals surface area contributed by atoms with Crippen LogP contribution in [-0.4, -0.2) is 29.6 Å². The number of benzene rings is 1. The zero-order chi connectivity index (χ0) is 19.4. The third kappa shape index (κ3) is 4.10. The number of carbonyl (C=O) groups excluding carboxylic acids is 2. The smallest absolute Gasteiger partial charge is 0.290 e. The number of aromatic nitrogens is 1. The molecule has 0 saturated heterocycles. The maximum Gasteiger partial charge on any atom is 0.290 e. The van der Waals surface area contributed by atoms with E-state index in [0.29, 0.717) is 6.54 Å². The van der Waals surface area contributed by atoms with Gasteiger partial charge in [-0.3, -0.25) is 9.59 Å². The lowest BCUT2D eigenvalue weighted by Crippen LogP contribution is -2.57. The zero-order valence-electron chi connectivity index (χ0n) is 15.7. The fraction of sp³-hybridized carbons (Fsp3) is 0.381. The molecule has 2 aromatic rings. The number of amides is 2. The highest BCUT2D eigenvalue weighted by atomic mass is 16.5. The molecule has 0 radical (unpaired) electrons. The van der Waals surface area contributed by atoms with Crippen LogP contribution in [0.3, 0.4) is 0 Å². The van der Waals surface area contributed by atoms with Crippen LogP contribution >= 0.6 is 0 Å². The van der Waals surface area contributed by atoms with Gasteiger partial charge in [0.2, 0.25) is 11.7 Å². The van der Waals surface area contributed by atoms with Crippen molar-refractivity contribution in [2.45, 2.75) is 44.1 Å². The molecule has 0 unspecified atom stereocenters. The van der Waals surface area contributed by atoms with Crippen molar-refractivity contribution in [1.29, 1.82) is 0 Å². The molecule has 1 aliphatic rings. The standard InChI is InChI=1S/C21H25N3O3/c1-4-19(25)22-13-21(15-8-6-5-7-9-15)11-16(12-21)23-20(26)18-10-17(14(2)3)24-27-18/h4-10,14,16H,1,11-13H2,2-3H3,(H,22,25)(H,23,26). The number of nitrogens with zero attached hydrogens (tertiary/aromatic N) is 1. The summed E-state index contributed by atoms with van der Waals surface area (Å²) in [6.45, 7) is 8.00. The zero-order valence-corrected chi connectivity index (χ0v) is 15.7. The van der Waals surface area contributed by atoms with Crippen LogP contribution in [0.1, 0.15) is 54.4 Å². The minimum atomic E-state index is -0.254. The lowest BCUT2D eigenvalue weighted by Gasteiger charge is -2.48. The quantitative estimate of drug-likeness (QED) is 0.737. The maximum absolute atomic E-state index is 12.4. The molecule has 6 heteroatoms. The molecule has 0 bridgehead atoms. The number of nitrogens with one attached hydrogen (secondary N) is 2. The van der Waals surface area contributed by atoms with Crippen molar-refractivity contribution >= 4 is 11.8 Å². The van der Waals surface area contributed by atoms with Crippen LogP contribution in [0.25, 0.3) is 0 Å². The summed E-state index contributed by atoms with van der Waals surface area (Å²) in [5.74, 6) is -0.00840. The Bertz CT molecular complexity index is 820. The summed E-state index contributed by atoms with van der Waals surface area (Å²) in [5, 5.41) is 9.83. The van der Waals surface area contributed by atoms with E-state index in [4.69, 9.17) is 4.52 Å². The normalized spacial score (nSPS) is 21.4. The summed E-state index contributed by atoms with van der Waals surface area (Å²) in [7, 11) is 0. The molecule has 6 nitrogen and oxygen atoms in total. The maximum atomic E-state index is 12.4. The highest BCUT2D eigenvalue weighted by Gasteiger charge is 2.46. The second kappa shape index (κ2) is 7.78. The van der Waals surface area contributed by atoms with Crippen molar-refractivity contribution in [3.8, 4) is 0 Å². The van der Waals surface area contributed by atoms with Gasteiger partial charge in [0.25, 0.3) is 5.91 Å². The fourth-order valence-corrected chi connectivity index (χ4v) is 3.51. The molecule has 1 aromatic heterocycles. The van der Waals surface area contributed by atoms with E-state index in [2.05, 4.69) is 34.5 Å². The Morgan fingerprint density at radius 3 is 2.63 bits per heavy atom. The first-order valence-electron chi connectivity index (χ1n) is 9.17. The minimum Gasteiger partial charge on any atom is -0.352 e. The van der Waals surface area contributed by atoms with Gasteiger partial charge < -0.3 is 15.2 Å². The Balaban J connectivity index is 1.65. The Labute approximate surface area is 159 Å². The fourth-order valence-electron chi connectivity index (χ4n) is 3.51. The first kappa shape index (κ1) is 18.9. The first-order valence-corrected chi connectivity index (χ1v) is 9.17. The van der Waals surface area contributed by atoms with E-state index in [1.165, 1.54) is 6.08 Å². The molecule has 0 aliphatic heterocycles. The summed E-state index contributed by atoms with van der Waals surface area (Å²) in [5.41, 5.74) is 1.73. The molecule has 27 heavy (non-hydrogen) atoms. The second-order valence-corrected chi connectivity index (χ2v) is 7.42. The van der Waals surface area contributed by atoms with Gasteiger partial charge in [-0.25, -0.2) is 0 Å². The van der Waals surface area contributed by atoms with E-state index in [0.717, 1.165) is 24.1 Å². The number of rotatable bonds is 7. The van der Waals surface area contributed by atoms with Crippen LogP contribution in [0.15, 0.2) is 53.6 Å². The minimum absolute atomic E-state index is 0.0194. The van der Waals surface area contributed by atoms with Crippen LogP contribution in [-0.2, 0) is 10.2 Å². The molecule has 1 heterocycles. The van der Waals surface area contributed by atoms with Crippen LogP contribution in [0.5, 0.6) is 0 Å². The molecule has 142 valence electrons. The highest BCUT2D eigenvalue weighted by Crippen LogP contribution is 2.43. The van der Waals surface area contributed by atoms with Gasteiger partial charge >= 0.3 is 0 Å². The Hall–Kier alpha value is -2.89. The van der Waals surface area contributed by atoms with E-state index in [1.54, 1.807) is 6.07 Å². The molecule has 1 fully saturated rings. The summed E-state index contributed by atoms with van der Waals surface area (Å²) in [6, 6.07) is 11.8. The number of hydrogen-bond acceptors (Lipinski definition) is 4. The lowest BCUT2D eigenvalue weighted by molar-refractivity contribution is -0.117. The van der Waals surface area contributed by atoms with Gasteiger partial charge in [0.1, 0.15) is 0 Å². The van der Waals surface area contributed by atoms with Crippen LogP contribution in [0.2, 0.25) is 0 Å². The Morgan fingerprint density at radius 1 is 1.33 bits per heavy atom. The van der Waals surface area contributed by atoms with Gasteiger partial charge in [0.05, 0.1) is 5.69 Å². The van der Waals surface area contributed by atoms with Gasteiger partial charge in [-0.1, -0.05) is 55.9 Å². The molecule has 2 amide bonds. The van der Waals surface area contributed by atoms with Crippen molar-refractivity contribution < 1.29 is 14.1 Å². The predicted molar refractivity (Wildman–Crippen MR) is 102 cm³/mol. The molecule has 3 rings (SSSR count). The van der Waals surface area contributed by atoms with Crippen LogP contribution < -0.4 is 10.6 Å². The molecule has 0 atom stereocenters. The molecular weight excluding hydrogens is 342 g/mol. The Kier molecular flexibility index (Phi) is 5.44. The summed E-state index contributed by atoms with van der Waals surface area (Å²) in [4.78, 5) is 24.0. The van der Waals surface area contributed by atoms with Gasteiger partial charge in [-0.05, 0) is 30.4 Å². The second-order valence-electron chi connectivity index (χ2n) is 7.42.